The van der Waals surface area contributed by atoms with Crippen LogP contribution >= 0.6 is 0 Å². The lowest BCUT2D eigenvalue weighted by atomic mass is 10.1. The molecule has 1 fully saturated rings. The maximum Gasteiger partial charge on any atom is 0.341 e. The average molecular weight is 429 g/mol. The molecule has 2 heterocycles. The Bertz CT molecular complexity index is 887. The zero-order valence-electron chi connectivity index (χ0n) is 18.6. The van der Waals surface area contributed by atoms with Crippen molar-refractivity contribution in [3.63, 3.8) is 0 Å². The molecule has 0 aliphatic carbocycles. The molecule has 1 aliphatic heterocycles. The van der Waals surface area contributed by atoms with Crippen LogP contribution in [0, 0.1) is 6.92 Å². The third kappa shape index (κ3) is 6.57. The topological polar surface area (TPSA) is 88.3 Å². The predicted octanol–water partition coefficient (Wildman–Crippen LogP) is 2.46. The van der Waals surface area contributed by atoms with E-state index in [-0.39, 0.29) is 0 Å². The Morgan fingerprint density at radius 2 is 1.94 bits per heavy atom. The smallest absolute Gasteiger partial charge is 0.341 e. The molecule has 8 nitrogen and oxygen atoms in total. The number of nitrogens with one attached hydrogen (secondary N) is 2. The number of aryl methyl sites for hydroxylation is 1. The molecule has 0 atom stereocenters. The number of furan rings is 1. The van der Waals surface area contributed by atoms with E-state index in [4.69, 9.17) is 18.9 Å². The largest absolute Gasteiger partial charge is 0.465 e. The number of ether oxygens (including phenoxy) is 2. The number of rotatable bonds is 8. The third-order valence-corrected chi connectivity index (χ3v) is 5.17. The summed E-state index contributed by atoms with van der Waals surface area (Å²) in [7, 11) is 1.36. The number of benzene rings is 1. The molecule has 1 aromatic carbocycles. The maximum absolute atomic E-state index is 11.8. The van der Waals surface area contributed by atoms with Crippen LogP contribution in [0.4, 0.5) is 0 Å². The van der Waals surface area contributed by atoms with Crippen molar-refractivity contribution in [3.05, 3.63) is 58.5 Å². The fraction of sp³-hybridized carbons (Fsp3) is 0.478. The summed E-state index contributed by atoms with van der Waals surface area (Å²) in [5.74, 6) is 1.49. The number of esters is 1. The molecule has 1 saturated heterocycles. The lowest BCUT2D eigenvalue weighted by Gasteiger charge is -2.27. The van der Waals surface area contributed by atoms with Crippen molar-refractivity contribution in [2.24, 2.45) is 4.99 Å². The minimum atomic E-state index is -0.398. The van der Waals surface area contributed by atoms with Crippen LogP contribution in [-0.2, 0) is 29.1 Å². The molecule has 0 spiro atoms. The van der Waals surface area contributed by atoms with E-state index in [0.29, 0.717) is 36.1 Å². The Morgan fingerprint density at radius 1 is 1.19 bits per heavy atom. The quantitative estimate of drug-likeness (QED) is 0.379. The monoisotopic (exact) mass is 428 g/mol. The van der Waals surface area contributed by atoms with Crippen LogP contribution in [0.5, 0.6) is 0 Å². The highest BCUT2D eigenvalue weighted by Crippen LogP contribution is 2.16. The second-order valence-electron chi connectivity index (χ2n) is 7.38. The molecule has 3 rings (SSSR count). The van der Waals surface area contributed by atoms with Crippen molar-refractivity contribution in [2.45, 2.75) is 33.5 Å². The highest BCUT2D eigenvalue weighted by atomic mass is 16.5. The number of guanidine groups is 1. The summed E-state index contributed by atoms with van der Waals surface area (Å²) in [4.78, 5) is 18.9. The van der Waals surface area contributed by atoms with Gasteiger partial charge < -0.3 is 24.5 Å². The molecule has 31 heavy (non-hydrogen) atoms. The van der Waals surface area contributed by atoms with E-state index in [2.05, 4.69) is 33.7 Å². The van der Waals surface area contributed by atoms with E-state index >= 15 is 0 Å². The first-order valence-electron chi connectivity index (χ1n) is 10.7. The molecule has 0 saturated carbocycles. The number of hydrogen-bond acceptors (Lipinski definition) is 6. The van der Waals surface area contributed by atoms with Gasteiger partial charge in [0.05, 0.1) is 33.4 Å². The zero-order valence-corrected chi connectivity index (χ0v) is 18.6. The Kier molecular flexibility index (Phi) is 8.49. The Morgan fingerprint density at radius 3 is 2.65 bits per heavy atom. The highest BCUT2D eigenvalue weighted by Gasteiger charge is 2.16. The van der Waals surface area contributed by atoms with E-state index in [1.54, 1.807) is 13.0 Å². The summed E-state index contributed by atoms with van der Waals surface area (Å²) in [5, 5.41) is 6.53. The van der Waals surface area contributed by atoms with Crippen LogP contribution in [0.25, 0.3) is 0 Å². The van der Waals surface area contributed by atoms with Gasteiger partial charge in [-0.2, -0.15) is 0 Å². The molecule has 0 unspecified atom stereocenters. The number of carbonyl (C=O) groups excluding carboxylic acids is 1. The standard InChI is InChI=1S/C23H32N4O4/c1-4-24-23(26-15-20-13-21(17(2)31-20)22(28)29-3)25-14-18-7-5-6-8-19(18)16-27-9-11-30-12-10-27/h5-8,13H,4,9-12,14-16H2,1-3H3,(H2,24,25,26). The van der Waals surface area contributed by atoms with Gasteiger partial charge in [-0.15, -0.1) is 0 Å². The van der Waals surface area contributed by atoms with Crippen molar-refractivity contribution in [1.82, 2.24) is 15.5 Å². The lowest BCUT2D eigenvalue weighted by molar-refractivity contribution is 0.0341. The second-order valence-corrected chi connectivity index (χ2v) is 7.38. The van der Waals surface area contributed by atoms with Crippen molar-refractivity contribution in [1.29, 1.82) is 0 Å². The summed E-state index contributed by atoms with van der Waals surface area (Å²) in [5.41, 5.74) is 2.93. The van der Waals surface area contributed by atoms with Gasteiger partial charge in [-0.25, -0.2) is 9.79 Å². The minimum Gasteiger partial charge on any atom is -0.465 e. The van der Waals surface area contributed by atoms with Crippen molar-refractivity contribution >= 4 is 11.9 Å². The first kappa shape index (κ1) is 22.8. The molecule has 1 aliphatic rings. The molecule has 8 heteroatoms. The summed E-state index contributed by atoms with van der Waals surface area (Å²) in [6.07, 6.45) is 0. The first-order valence-corrected chi connectivity index (χ1v) is 10.7. The predicted molar refractivity (Wildman–Crippen MR) is 119 cm³/mol. The van der Waals surface area contributed by atoms with Crippen LogP contribution in [0.1, 0.15) is 39.9 Å². The molecule has 168 valence electrons. The Labute approximate surface area is 183 Å². The number of methoxy groups -OCH3 is 1. The van der Waals surface area contributed by atoms with E-state index in [1.807, 2.05) is 13.0 Å². The summed E-state index contributed by atoms with van der Waals surface area (Å²) in [6, 6.07) is 10.1. The highest BCUT2D eigenvalue weighted by molar-refractivity contribution is 5.90. The lowest BCUT2D eigenvalue weighted by Crippen LogP contribution is -2.37. The third-order valence-electron chi connectivity index (χ3n) is 5.17. The zero-order chi connectivity index (χ0) is 22.1. The van der Waals surface area contributed by atoms with Gasteiger partial charge in [0.2, 0.25) is 0 Å². The van der Waals surface area contributed by atoms with Crippen molar-refractivity contribution in [2.75, 3.05) is 40.0 Å². The molecule has 2 N–H and O–H groups in total. The van der Waals surface area contributed by atoms with Gasteiger partial charge >= 0.3 is 5.97 Å². The average Bonchev–Trinajstić information content (AvgIpc) is 3.17. The van der Waals surface area contributed by atoms with Crippen LogP contribution in [0.3, 0.4) is 0 Å². The van der Waals surface area contributed by atoms with Gasteiger partial charge in [0, 0.05) is 26.2 Å². The van der Waals surface area contributed by atoms with E-state index in [0.717, 1.165) is 39.4 Å². The molecule has 0 bridgehead atoms. The SMILES string of the molecule is CCNC(=NCc1ccccc1CN1CCOCC1)NCc1cc(C(=O)OC)c(C)o1. The van der Waals surface area contributed by atoms with Crippen LogP contribution < -0.4 is 10.6 Å². The first-order chi connectivity index (χ1) is 15.1. The normalized spacial score (nSPS) is 15.0. The number of nitrogens with zero attached hydrogens (tertiary/aromatic N) is 2. The van der Waals surface area contributed by atoms with Crippen LogP contribution in [0.2, 0.25) is 0 Å². The van der Waals surface area contributed by atoms with E-state index in [9.17, 15) is 4.79 Å². The van der Waals surface area contributed by atoms with Gasteiger partial charge in [-0.3, -0.25) is 4.90 Å². The number of carbonyl (C=O) groups is 1. The van der Waals surface area contributed by atoms with Gasteiger partial charge in [-0.1, -0.05) is 24.3 Å². The molecule has 0 amide bonds. The van der Waals surface area contributed by atoms with Crippen LogP contribution in [0.15, 0.2) is 39.7 Å². The second kappa shape index (κ2) is 11.5. The Balaban J connectivity index is 1.64. The number of hydrogen-bond donors (Lipinski definition) is 2. The minimum absolute atomic E-state index is 0.398. The Hall–Kier alpha value is -2.84. The molecule has 0 radical (unpaired) electrons. The van der Waals surface area contributed by atoms with E-state index in [1.165, 1.54) is 18.2 Å². The summed E-state index contributed by atoms with van der Waals surface area (Å²) in [6.45, 7) is 9.90. The van der Waals surface area contributed by atoms with Crippen LogP contribution in [-0.4, -0.2) is 56.8 Å². The summed E-state index contributed by atoms with van der Waals surface area (Å²) >= 11 is 0. The fourth-order valence-electron chi connectivity index (χ4n) is 3.49. The molecule has 2 aromatic rings. The van der Waals surface area contributed by atoms with Gasteiger partial charge in [0.1, 0.15) is 17.1 Å². The van der Waals surface area contributed by atoms with E-state index < -0.39 is 5.97 Å². The maximum atomic E-state index is 11.8. The molecule has 1 aromatic heterocycles. The fourth-order valence-corrected chi connectivity index (χ4v) is 3.49. The molecular formula is C23H32N4O4. The number of aliphatic imine (C=N–C) groups is 1. The van der Waals surface area contributed by atoms with Gasteiger partial charge in [0.15, 0.2) is 5.96 Å². The van der Waals surface area contributed by atoms with Gasteiger partial charge in [0.25, 0.3) is 0 Å². The molecular weight excluding hydrogens is 396 g/mol. The van der Waals surface area contributed by atoms with Crippen molar-refractivity contribution < 1.29 is 18.7 Å². The number of morpholine rings is 1. The van der Waals surface area contributed by atoms with Gasteiger partial charge in [-0.05, 0) is 31.0 Å². The van der Waals surface area contributed by atoms with Crippen molar-refractivity contribution in [3.8, 4) is 0 Å². The summed E-state index contributed by atoms with van der Waals surface area (Å²) < 4.78 is 15.9.